The molecular weight excluding hydrogens is 1530 g/mol. The normalized spacial score (nSPS) is 13.0. The molecule has 10 aromatic carbocycles. The summed E-state index contributed by atoms with van der Waals surface area (Å²) in [6.45, 7) is 1.61. The molecule has 0 radical (unpaired) electrons. The molecule has 0 aliphatic carbocycles. The average molecular weight is 1590 g/mol. The molecule has 560 valence electrons. The van der Waals surface area contributed by atoms with E-state index in [2.05, 4.69) is 61.4 Å². The van der Waals surface area contributed by atoms with E-state index in [-0.39, 0.29) is 135 Å². The number of methoxy groups -OCH3 is 2. The van der Waals surface area contributed by atoms with Crippen LogP contribution in [-0.2, 0) is 93.7 Å². The highest BCUT2D eigenvalue weighted by atomic mass is 32.2. The van der Waals surface area contributed by atoms with Gasteiger partial charge in [0.05, 0.1) is 72.2 Å². The lowest BCUT2D eigenvalue weighted by Gasteiger charge is -2.13. The lowest BCUT2D eigenvalue weighted by molar-refractivity contribution is 0.397. The van der Waals surface area contributed by atoms with E-state index in [9.17, 15) is 83.5 Å². The van der Waals surface area contributed by atoms with Crippen LogP contribution >= 0.6 is 0 Å². The summed E-state index contributed by atoms with van der Waals surface area (Å²) in [6, 6.07) is 36.5. The van der Waals surface area contributed by atoms with Crippen LogP contribution in [0.2, 0.25) is 0 Å². The van der Waals surface area contributed by atoms with Gasteiger partial charge in [-0.2, -0.15) is 81.2 Å². The number of aryl methyl sites for hydroxylation is 1. The monoisotopic (exact) mass is 1590 g/mol. The van der Waals surface area contributed by atoms with Gasteiger partial charge in [0, 0.05) is 45.1 Å². The van der Waals surface area contributed by atoms with Crippen molar-refractivity contribution < 1.29 is 97.1 Å². The number of azo groups is 6. The molecule has 9 N–H and O–H groups in total. The fourth-order valence-corrected chi connectivity index (χ4v) is 14.7. The standard InChI is InChI=1S/C67H59N13O22S6/c1-38-11-21-55(75-77-57-22-18-49(30-59(57)100-2)71-69-46-9-5-7-39(25-46)33-103(83,84)85)52-28-44(36-106(92,93)94)64(66(81)62(38)52)79-73-48-16-14-41(43(27-48)35-105(89,90)91)12-13-42-15-17-51(32-61(42)108(98,99)102-4)74-80-65-45(37-107(95,96)97)29-53-56(24-20-54(68)63(53)67(65)82)76-78-58-23-19-50(31-60(58)101-3)72-70-47-10-6-8-40(26-47)34-104(86,87)88/h5-32,81-82H,33-37,68H2,1-4H3,(H,83,84,85)(H,86,87,88)(H,89,90,91)(H,92,93,94)(H,95,96,97)/b13-12+,71-69?,72-70?,77-75?,78-76?,79-73?,80-74?. The maximum Gasteiger partial charge on any atom is 0.297 e. The third-order valence-electron chi connectivity index (χ3n) is 15.4. The second kappa shape index (κ2) is 32.3. The third kappa shape index (κ3) is 20.8. The van der Waals surface area contributed by atoms with Crippen molar-refractivity contribution in [3.8, 4) is 23.0 Å². The van der Waals surface area contributed by atoms with E-state index in [0.29, 0.717) is 5.56 Å². The Morgan fingerprint density at radius 2 is 0.741 bits per heavy atom. The third-order valence-corrected chi connectivity index (χ3v) is 20.1. The zero-order valence-electron chi connectivity index (χ0n) is 56.3. The number of fused-ring (bicyclic) bond motifs is 2. The highest BCUT2D eigenvalue weighted by molar-refractivity contribution is 7.87. The van der Waals surface area contributed by atoms with Crippen LogP contribution in [0.5, 0.6) is 23.0 Å². The first kappa shape index (κ1) is 79.1. The summed E-state index contributed by atoms with van der Waals surface area (Å²) in [7, 11) is -24.4. The van der Waals surface area contributed by atoms with Gasteiger partial charge >= 0.3 is 0 Å². The Bertz CT molecular complexity index is 6240. The minimum Gasteiger partial charge on any atom is -0.505 e. The van der Waals surface area contributed by atoms with Gasteiger partial charge in [0.1, 0.15) is 67.9 Å². The van der Waals surface area contributed by atoms with Gasteiger partial charge in [-0.3, -0.25) is 26.9 Å². The van der Waals surface area contributed by atoms with Gasteiger partial charge in [-0.15, -0.1) is 30.7 Å². The first-order chi connectivity index (χ1) is 50.8. The molecule has 0 aliphatic heterocycles. The first-order valence-electron chi connectivity index (χ1n) is 30.7. The number of benzene rings is 10. The molecule has 10 rings (SSSR count). The highest BCUT2D eigenvalue weighted by Crippen LogP contribution is 2.48. The van der Waals surface area contributed by atoms with E-state index in [1.165, 1.54) is 154 Å². The van der Waals surface area contributed by atoms with Crippen LogP contribution in [0, 0.1) is 6.92 Å². The lowest BCUT2D eigenvalue weighted by atomic mass is 9.99. The molecule has 0 amide bonds. The molecule has 0 heterocycles. The van der Waals surface area contributed by atoms with Crippen LogP contribution in [0.25, 0.3) is 33.7 Å². The Hall–Kier alpha value is -11.5. The van der Waals surface area contributed by atoms with Gasteiger partial charge in [0.25, 0.3) is 60.7 Å². The molecule has 41 heteroatoms. The maximum atomic E-state index is 13.6. The number of phenolic OH excluding ortho intramolecular Hbond substituents is 2. The van der Waals surface area contributed by atoms with E-state index >= 15 is 0 Å². The van der Waals surface area contributed by atoms with Gasteiger partial charge in [-0.1, -0.05) is 54.6 Å². The molecule has 0 fully saturated rings. The molecule has 108 heavy (non-hydrogen) atoms. The summed E-state index contributed by atoms with van der Waals surface area (Å²) in [5, 5.41) is 74.3. The summed E-state index contributed by atoms with van der Waals surface area (Å²) in [5.74, 6) is -5.67. The quantitative estimate of drug-likeness (QED) is 0.00742. The van der Waals surface area contributed by atoms with Crippen molar-refractivity contribution in [2.75, 3.05) is 27.1 Å². The Morgan fingerprint density at radius 3 is 1.20 bits per heavy atom. The summed E-state index contributed by atoms with van der Waals surface area (Å²) >= 11 is 0. The SMILES string of the molecule is COc1cc(N=Nc2cccc(CS(=O)(=O)O)c2)ccc1N=Nc1ccc(C)c2c(O)c(N=Nc3ccc(/C=C/c4ccc(N=Nc5c(CS(=O)(=O)O)cc6c(N=Nc7ccc(N=Nc8cccc(CS(=O)(=O)O)c8)cc7OC)ccc(N)c6c5O)cc4S(=O)(=O)OC)c(CS(=O)(=O)O)c3)c(CS(=O)(=O)O)cc12. The number of hydrogen-bond donors (Lipinski definition) is 8. The zero-order valence-corrected chi connectivity index (χ0v) is 61.2. The number of phenols is 2. The van der Waals surface area contributed by atoms with Crippen LogP contribution < -0.4 is 15.2 Å². The van der Waals surface area contributed by atoms with Gasteiger partial charge in [-0.25, -0.2) is 0 Å². The van der Waals surface area contributed by atoms with Crippen LogP contribution in [0.4, 0.5) is 73.9 Å². The molecule has 0 atom stereocenters. The van der Waals surface area contributed by atoms with Crippen molar-refractivity contribution >= 4 is 168 Å². The van der Waals surface area contributed by atoms with Crippen molar-refractivity contribution in [3.63, 3.8) is 0 Å². The van der Waals surface area contributed by atoms with Gasteiger partial charge < -0.3 is 25.4 Å². The molecule has 0 saturated heterocycles. The smallest absolute Gasteiger partial charge is 0.297 e. The molecular formula is C67H59N13O22S6. The van der Waals surface area contributed by atoms with Crippen molar-refractivity contribution in [2.45, 2.75) is 40.6 Å². The van der Waals surface area contributed by atoms with Crippen LogP contribution in [0.1, 0.15) is 44.5 Å². The first-order valence-corrected chi connectivity index (χ1v) is 40.2. The zero-order chi connectivity index (χ0) is 78.3. The Kier molecular flexibility index (Phi) is 23.7. The lowest BCUT2D eigenvalue weighted by Crippen LogP contribution is -2.05. The number of nitrogen functional groups attached to an aromatic ring is 1. The number of ether oxygens (including phenoxy) is 2. The Morgan fingerprint density at radius 1 is 0.370 bits per heavy atom. The number of nitrogens with zero attached hydrogens (tertiary/aromatic N) is 12. The number of rotatable bonds is 28. The summed E-state index contributed by atoms with van der Waals surface area (Å²) in [6.07, 6.45) is 2.49. The second-order valence-corrected chi connectivity index (χ2v) is 32.3. The van der Waals surface area contributed by atoms with E-state index in [1.807, 2.05) is 0 Å². The molecule has 35 nitrogen and oxygen atoms in total. The summed E-state index contributed by atoms with van der Waals surface area (Å²) < 4.78 is 213. The van der Waals surface area contributed by atoms with Crippen molar-refractivity contribution in [1.29, 1.82) is 0 Å². The van der Waals surface area contributed by atoms with Crippen LogP contribution in [0.15, 0.2) is 224 Å². The van der Waals surface area contributed by atoms with E-state index < -0.39 is 117 Å². The average Bonchev–Trinajstić information content (AvgIpc) is 0.472. The number of aromatic hydroxyl groups is 2. The van der Waals surface area contributed by atoms with E-state index in [4.69, 9.17) is 19.4 Å². The second-order valence-electron chi connectivity index (χ2n) is 23.3. The molecule has 0 aromatic heterocycles. The Balaban J connectivity index is 0.928. The fourth-order valence-electron chi connectivity index (χ4n) is 10.7. The molecule has 0 unspecified atom stereocenters. The highest BCUT2D eigenvalue weighted by Gasteiger charge is 2.25. The molecule has 0 aliphatic rings. The molecule has 0 saturated carbocycles. The number of hydrogen-bond acceptors (Lipinski definition) is 30. The maximum absolute atomic E-state index is 13.6. The van der Waals surface area contributed by atoms with E-state index in [0.717, 1.165) is 19.2 Å². The van der Waals surface area contributed by atoms with Crippen molar-refractivity contribution in [1.82, 2.24) is 0 Å². The van der Waals surface area contributed by atoms with Crippen molar-refractivity contribution in [2.24, 2.45) is 61.4 Å². The minimum atomic E-state index is -4.91. The van der Waals surface area contributed by atoms with Gasteiger partial charge in [-0.05, 0) is 143 Å². The summed E-state index contributed by atoms with van der Waals surface area (Å²) in [4.78, 5) is -0.560. The topological polar surface area (TPSA) is 548 Å². The molecule has 10 aromatic rings. The number of anilines is 1. The van der Waals surface area contributed by atoms with Gasteiger partial charge in [0.15, 0.2) is 11.5 Å². The minimum absolute atomic E-state index is 0.00935. The number of nitrogens with two attached hydrogens (primary N) is 1. The van der Waals surface area contributed by atoms with Crippen molar-refractivity contribution in [3.05, 3.63) is 202 Å². The Labute approximate surface area is 615 Å². The van der Waals surface area contributed by atoms with Crippen LogP contribution in [0.3, 0.4) is 0 Å². The molecule has 0 spiro atoms. The largest absolute Gasteiger partial charge is 0.505 e. The van der Waals surface area contributed by atoms with E-state index in [1.54, 1.807) is 25.1 Å². The van der Waals surface area contributed by atoms with Crippen LogP contribution in [-0.4, -0.2) is 105 Å². The fraction of sp³-hybridized carbons (Fsp3) is 0.134. The summed E-state index contributed by atoms with van der Waals surface area (Å²) in [5.41, 5.74) is 6.56. The predicted molar refractivity (Wildman–Crippen MR) is 397 cm³/mol. The predicted octanol–water partition coefficient (Wildman–Crippen LogP) is 16.2. The van der Waals surface area contributed by atoms with Gasteiger partial charge in [0.2, 0.25) is 0 Å². The molecule has 0 bridgehead atoms.